The van der Waals surface area contributed by atoms with Crippen LogP contribution in [0, 0.1) is 0 Å². The van der Waals surface area contributed by atoms with Gasteiger partial charge in [-0.3, -0.25) is 14.4 Å². The summed E-state index contributed by atoms with van der Waals surface area (Å²) in [6.07, 6.45) is 62.8. The van der Waals surface area contributed by atoms with Crippen LogP contribution in [0.2, 0.25) is 0 Å². The maximum Gasteiger partial charge on any atom is 0.335 e. The molecule has 0 saturated carbocycles. The summed E-state index contributed by atoms with van der Waals surface area (Å²) >= 11 is 0. The summed E-state index contributed by atoms with van der Waals surface area (Å²) < 4.78 is 28.3. The normalized spacial score (nSPS) is 18.8. The highest BCUT2D eigenvalue weighted by atomic mass is 16.7. The smallest absolute Gasteiger partial charge is 0.335 e. The third kappa shape index (κ3) is 43.4. The predicted octanol–water partition coefficient (Wildman–Crippen LogP) is 15.8. The van der Waals surface area contributed by atoms with Crippen molar-refractivity contribution in [1.29, 1.82) is 0 Å². The number of aliphatic hydroxyl groups excluding tert-OH is 2. The molecule has 6 atom stereocenters. The predicted molar refractivity (Wildman–Crippen MR) is 321 cm³/mol. The molecule has 1 aliphatic rings. The second-order valence-corrected chi connectivity index (χ2v) is 19.9. The van der Waals surface area contributed by atoms with Crippen molar-refractivity contribution < 1.29 is 58.2 Å². The van der Waals surface area contributed by atoms with Crippen LogP contribution in [-0.2, 0) is 42.9 Å². The molecule has 0 aromatic rings. The SMILES string of the molecule is CC/C=C\C/C=C\C/C=C\C/C=C\C/C=C\C/C=C\CCC(=O)OC1C(OCC(COC(=O)CCCCCC/C=C\C/C=C\C/C=C\C/C=C\CC)OC(=O)CCCCCCC/C=C\CCCCCC)OC(C(=O)O)C(O)C1O. The summed E-state index contributed by atoms with van der Waals surface area (Å²) in [6.45, 7) is 5.68. The molecule has 0 bridgehead atoms. The maximum atomic E-state index is 13.1. The molecular formula is C67H104O12. The number of allylic oxidation sites excluding steroid dienone is 22. The van der Waals surface area contributed by atoms with Gasteiger partial charge in [0.15, 0.2) is 24.6 Å². The zero-order valence-electron chi connectivity index (χ0n) is 48.8. The number of aliphatic hydroxyl groups is 2. The molecule has 0 amide bonds. The van der Waals surface area contributed by atoms with Gasteiger partial charge in [0, 0.05) is 19.3 Å². The van der Waals surface area contributed by atoms with Gasteiger partial charge in [0.2, 0.25) is 0 Å². The summed E-state index contributed by atoms with van der Waals surface area (Å²) in [5, 5.41) is 31.5. The average Bonchev–Trinajstić information content (AvgIpc) is 3.46. The molecule has 0 aliphatic carbocycles. The van der Waals surface area contributed by atoms with Gasteiger partial charge in [0.1, 0.15) is 18.8 Å². The fourth-order valence-electron chi connectivity index (χ4n) is 8.14. The van der Waals surface area contributed by atoms with Crippen LogP contribution < -0.4 is 0 Å². The number of hydrogen-bond acceptors (Lipinski definition) is 11. The summed E-state index contributed by atoms with van der Waals surface area (Å²) in [5.41, 5.74) is 0. The minimum absolute atomic E-state index is 0.0751. The highest BCUT2D eigenvalue weighted by Crippen LogP contribution is 2.26. The molecule has 1 aliphatic heterocycles. The number of carbonyl (C=O) groups is 4. The molecule has 79 heavy (non-hydrogen) atoms. The Morgan fingerprint density at radius 3 is 1.28 bits per heavy atom. The first kappa shape index (κ1) is 71.9. The Bertz CT molecular complexity index is 1880. The lowest BCUT2D eigenvalue weighted by atomic mass is 9.98. The number of carbonyl (C=O) groups excluding carboxylic acids is 3. The molecule has 12 heteroatoms. The lowest BCUT2D eigenvalue weighted by Gasteiger charge is -2.40. The van der Waals surface area contributed by atoms with Gasteiger partial charge in [-0.05, 0) is 122 Å². The maximum absolute atomic E-state index is 13.1. The largest absolute Gasteiger partial charge is 0.479 e. The minimum Gasteiger partial charge on any atom is -0.479 e. The number of carboxylic acid groups (broad SMARTS) is 1. The van der Waals surface area contributed by atoms with E-state index in [1.165, 1.54) is 25.7 Å². The number of ether oxygens (including phenoxy) is 5. The Balaban J connectivity index is 2.75. The third-order valence-electron chi connectivity index (χ3n) is 12.7. The van der Waals surface area contributed by atoms with Crippen LogP contribution in [-0.4, -0.2) is 89.2 Å². The van der Waals surface area contributed by atoms with E-state index in [4.69, 9.17) is 23.7 Å². The van der Waals surface area contributed by atoms with Gasteiger partial charge in [-0.15, -0.1) is 0 Å². The first-order valence-corrected chi connectivity index (χ1v) is 30.2. The number of unbranched alkanes of at least 4 members (excludes halogenated alkanes) is 13. The summed E-state index contributed by atoms with van der Waals surface area (Å²) in [4.78, 5) is 51.1. The van der Waals surface area contributed by atoms with E-state index in [9.17, 15) is 34.5 Å². The quantitative estimate of drug-likeness (QED) is 0.0228. The molecule has 1 heterocycles. The lowest BCUT2D eigenvalue weighted by molar-refractivity contribution is -0.301. The summed E-state index contributed by atoms with van der Waals surface area (Å²) in [7, 11) is 0. The van der Waals surface area contributed by atoms with Crippen molar-refractivity contribution in [3.8, 4) is 0 Å². The molecule has 0 aromatic heterocycles. The van der Waals surface area contributed by atoms with Crippen molar-refractivity contribution in [1.82, 2.24) is 0 Å². The third-order valence-corrected chi connectivity index (χ3v) is 12.7. The minimum atomic E-state index is -1.94. The molecule has 0 radical (unpaired) electrons. The summed E-state index contributed by atoms with van der Waals surface area (Å²) in [6, 6.07) is 0. The van der Waals surface area contributed by atoms with Crippen LogP contribution in [0.4, 0.5) is 0 Å². The van der Waals surface area contributed by atoms with Crippen molar-refractivity contribution in [2.75, 3.05) is 13.2 Å². The Kier molecular flexibility index (Phi) is 48.7. The standard InChI is InChI=1S/C67H104O12/c1-4-7-10-13-16-19-22-25-27-29-30-32-34-37-40-43-46-49-52-55-61(70)78-65-63(72)62(71)64(66(73)74)79-67(65)76-57-58(77-60(69)54-51-48-45-42-39-35-24-21-18-15-12-9-6-3)56-75-59(68)53-50-47-44-41-38-36-33-31-28-26-23-20-17-14-11-8-5-2/h7-8,10-11,16-17,19-21,24-28,30,32-33,36-37,40,46,49,58,62-65,67,71-72H,4-6,9,12-15,18,22-23,29,31,34-35,38-39,41-45,47-48,50-57H2,1-3H3,(H,73,74)/b10-7-,11-8-,19-16-,20-17-,24-21-,27-25-,28-26-,32-30-,36-33-,40-37-,49-46-. The average molecular weight is 1100 g/mol. The molecule has 6 unspecified atom stereocenters. The van der Waals surface area contributed by atoms with Crippen LogP contribution in [0.15, 0.2) is 134 Å². The van der Waals surface area contributed by atoms with Crippen LogP contribution in [0.3, 0.4) is 0 Å². The van der Waals surface area contributed by atoms with Crippen LogP contribution in [0.25, 0.3) is 0 Å². The van der Waals surface area contributed by atoms with E-state index in [2.05, 4.69) is 136 Å². The number of carboxylic acids is 1. The van der Waals surface area contributed by atoms with Crippen molar-refractivity contribution in [2.24, 2.45) is 0 Å². The van der Waals surface area contributed by atoms with Gasteiger partial charge in [-0.1, -0.05) is 206 Å². The second-order valence-electron chi connectivity index (χ2n) is 19.9. The number of esters is 3. The molecule has 0 aromatic carbocycles. The highest BCUT2D eigenvalue weighted by molar-refractivity contribution is 5.74. The van der Waals surface area contributed by atoms with Crippen LogP contribution in [0.5, 0.6) is 0 Å². The lowest BCUT2D eigenvalue weighted by Crippen LogP contribution is -2.61. The molecule has 444 valence electrons. The van der Waals surface area contributed by atoms with Crippen molar-refractivity contribution in [3.05, 3.63) is 134 Å². The molecular weight excluding hydrogens is 997 g/mol. The van der Waals surface area contributed by atoms with Gasteiger partial charge in [0.25, 0.3) is 0 Å². The molecule has 1 rings (SSSR count). The monoisotopic (exact) mass is 1100 g/mol. The molecule has 1 fully saturated rings. The molecule has 3 N–H and O–H groups in total. The number of hydrogen-bond donors (Lipinski definition) is 3. The molecule has 12 nitrogen and oxygen atoms in total. The molecule has 0 spiro atoms. The topological polar surface area (TPSA) is 175 Å². The van der Waals surface area contributed by atoms with E-state index < -0.39 is 67.3 Å². The van der Waals surface area contributed by atoms with E-state index >= 15 is 0 Å². The second kappa shape index (κ2) is 53.5. The zero-order valence-corrected chi connectivity index (χ0v) is 48.8. The highest BCUT2D eigenvalue weighted by Gasteiger charge is 2.50. The Labute approximate surface area is 477 Å². The Hall–Kier alpha value is -5.14. The van der Waals surface area contributed by atoms with E-state index in [0.717, 1.165) is 122 Å². The van der Waals surface area contributed by atoms with E-state index in [-0.39, 0.29) is 25.9 Å². The van der Waals surface area contributed by atoms with Gasteiger partial charge in [-0.25, -0.2) is 4.79 Å². The Morgan fingerprint density at radius 2 is 0.823 bits per heavy atom. The van der Waals surface area contributed by atoms with E-state index in [1.54, 1.807) is 0 Å². The van der Waals surface area contributed by atoms with E-state index in [0.29, 0.717) is 25.7 Å². The Morgan fingerprint density at radius 1 is 0.430 bits per heavy atom. The fraction of sp³-hybridized carbons (Fsp3) is 0.612. The zero-order chi connectivity index (χ0) is 57.5. The number of rotatable bonds is 49. The number of aliphatic carboxylic acids is 1. The van der Waals surface area contributed by atoms with Gasteiger partial charge >= 0.3 is 23.9 Å². The van der Waals surface area contributed by atoms with Crippen LogP contribution >= 0.6 is 0 Å². The fourth-order valence-corrected chi connectivity index (χ4v) is 8.14. The van der Waals surface area contributed by atoms with Crippen molar-refractivity contribution in [3.63, 3.8) is 0 Å². The van der Waals surface area contributed by atoms with Crippen molar-refractivity contribution >= 4 is 23.9 Å². The van der Waals surface area contributed by atoms with Gasteiger partial charge in [-0.2, -0.15) is 0 Å². The van der Waals surface area contributed by atoms with Gasteiger partial charge < -0.3 is 39.0 Å². The first-order chi connectivity index (χ1) is 38.6. The van der Waals surface area contributed by atoms with Crippen molar-refractivity contribution in [2.45, 2.75) is 250 Å². The first-order valence-electron chi connectivity index (χ1n) is 30.2. The van der Waals surface area contributed by atoms with E-state index in [1.807, 2.05) is 18.2 Å². The van der Waals surface area contributed by atoms with Gasteiger partial charge in [0.05, 0.1) is 6.61 Å². The van der Waals surface area contributed by atoms with Crippen LogP contribution in [0.1, 0.15) is 213 Å². The summed E-state index contributed by atoms with van der Waals surface area (Å²) in [5.74, 6) is -3.29. The molecule has 1 saturated heterocycles.